The third kappa shape index (κ3) is 2.85. The Morgan fingerprint density at radius 3 is 2.90 bits per heavy atom. The van der Waals surface area contributed by atoms with Crippen molar-refractivity contribution in [2.45, 2.75) is 25.7 Å². The van der Waals surface area contributed by atoms with E-state index in [1.807, 2.05) is 25.1 Å². The van der Waals surface area contributed by atoms with Crippen molar-refractivity contribution >= 4 is 22.4 Å². The van der Waals surface area contributed by atoms with Crippen LogP contribution in [0.2, 0.25) is 0 Å². The summed E-state index contributed by atoms with van der Waals surface area (Å²) >= 11 is 1.40. The highest BCUT2D eigenvalue weighted by atomic mass is 32.1. The van der Waals surface area contributed by atoms with Gasteiger partial charge in [0.2, 0.25) is 5.13 Å². The molecule has 0 saturated heterocycles. The zero-order valence-electron chi connectivity index (χ0n) is 11.5. The Balaban J connectivity index is 1.75. The Labute approximate surface area is 122 Å². The molecule has 20 heavy (non-hydrogen) atoms. The van der Waals surface area contributed by atoms with E-state index in [1.165, 1.54) is 24.4 Å². The van der Waals surface area contributed by atoms with E-state index in [0.29, 0.717) is 18.3 Å². The first kappa shape index (κ1) is 13.2. The highest BCUT2D eigenvalue weighted by molar-refractivity contribution is 7.09. The average molecular weight is 291 g/mol. The molecule has 1 heterocycles. The molecule has 0 aliphatic heterocycles. The van der Waals surface area contributed by atoms with Gasteiger partial charge in [0.05, 0.1) is 13.7 Å². The van der Waals surface area contributed by atoms with E-state index >= 15 is 0 Å². The molecular weight excluding hydrogens is 274 g/mol. The number of methoxy groups -OCH3 is 1. The molecule has 0 unspecified atom stereocenters. The quantitative estimate of drug-likeness (QED) is 0.881. The van der Waals surface area contributed by atoms with Crippen molar-refractivity contribution in [3.8, 4) is 11.5 Å². The molecule has 1 aromatic heterocycles. The van der Waals surface area contributed by atoms with E-state index in [2.05, 4.69) is 14.7 Å². The van der Waals surface area contributed by atoms with Gasteiger partial charge in [-0.05, 0) is 31.9 Å². The molecule has 0 bridgehead atoms. The summed E-state index contributed by atoms with van der Waals surface area (Å²) in [6, 6.07) is 5.75. The Morgan fingerprint density at radius 1 is 1.35 bits per heavy atom. The summed E-state index contributed by atoms with van der Waals surface area (Å²) in [7, 11) is 1.64. The van der Waals surface area contributed by atoms with Crippen molar-refractivity contribution in [3.63, 3.8) is 0 Å². The molecule has 1 N–H and O–H groups in total. The van der Waals surface area contributed by atoms with Crippen molar-refractivity contribution in [2.75, 3.05) is 19.0 Å². The average Bonchev–Trinajstić information content (AvgIpc) is 3.21. The lowest BCUT2D eigenvalue weighted by Gasteiger charge is -2.11. The number of hydrogen-bond donors (Lipinski definition) is 1. The van der Waals surface area contributed by atoms with E-state index in [4.69, 9.17) is 9.47 Å². The summed E-state index contributed by atoms with van der Waals surface area (Å²) in [5.41, 5.74) is 0.920. The van der Waals surface area contributed by atoms with Gasteiger partial charge in [-0.3, -0.25) is 0 Å². The Kier molecular flexibility index (Phi) is 3.73. The SMILES string of the molecule is CCOc1ccc(Nc2nc(C3CC3)ns2)cc1OC. The first-order valence-corrected chi connectivity index (χ1v) is 7.49. The van der Waals surface area contributed by atoms with Crippen LogP contribution >= 0.6 is 11.5 Å². The van der Waals surface area contributed by atoms with Gasteiger partial charge in [-0.25, -0.2) is 4.98 Å². The minimum absolute atomic E-state index is 0.580. The predicted octanol–water partition coefficient (Wildman–Crippen LogP) is 3.57. The first-order valence-electron chi connectivity index (χ1n) is 6.71. The zero-order valence-corrected chi connectivity index (χ0v) is 12.4. The summed E-state index contributed by atoms with van der Waals surface area (Å²) in [5.74, 6) is 3.01. The van der Waals surface area contributed by atoms with Gasteiger partial charge in [0, 0.05) is 29.2 Å². The lowest BCUT2D eigenvalue weighted by Crippen LogP contribution is -1.97. The van der Waals surface area contributed by atoms with Gasteiger partial charge < -0.3 is 14.8 Å². The molecular formula is C14H17N3O2S. The topological polar surface area (TPSA) is 56.3 Å². The molecule has 3 rings (SSSR count). The second-order valence-corrected chi connectivity index (χ2v) is 5.41. The minimum Gasteiger partial charge on any atom is -0.493 e. The van der Waals surface area contributed by atoms with Crippen molar-refractivity contribution in [1.82, 2.24) is 9.36 Å². The van der Waals surface area contributed by atoms with Crippen LogP contribution in [0.3, 0.4) is 0 Å². The number of benzene rings is 1. The molecule has 0 atom stereocenters. The number of hydrogen-bond acceptors (Lipinski definition) is 6. The smallest absolute Gasteiger partial charge is 0.207 e. The molecule has 1 aliphatic carbocycles. The molecule has 0 radical (unpaired) electrons. The third-order valence-corrected chi connectivity index (χ3v) is 3.74. The molecule has 1 aliphatic rings. The number of rotatable bonds is 6. The fourth-order valence-corrected chi connectivity index (χ4v) is 2.60. The summed E-state index contributed by atoms with van der Waals surface area (Å²) < 4.78 is 15.2. The molecule has 1 saturated carbocycles. The maximum absolute atomic E-state index is 5.50. The maximum atomic E-state index is 5.50. The van der Waals surface area contributed by atoms with Crippen LogP contribution in [0, 0.1) is 0 Å². The maximum Gasteiger partial charge on any atom is 0.207 e. The first-order chi connectivity index (χ1) is 9.80. The third-order valence-electron chi connectivity index (χ3n) is 3.10. The van der Waals surface area contributed by atoms with Crippen LogP contribution in [0.5, 0.6) is 11.5 Å². The standard InChI is InChI=1S/C14H17N3O2S/c1-3-19-11-7-6-10(8-12(11)18-2)15-14-16-13(17-20-14)9-4-5-9/h6-9H,3-5H2,1-2H3,(H,15,16,17). The van der Waals surface area contributed by atoms with Crippen molar-refractivity contribution in [3.05, 3.63) is 24.0 Å². The Bertz CT molecular complexity index is 596. The van der Waals surface area contributed by atoms with E-state index < -0.39 is 0 Å². The van der Waals surface area contributed by atoms with Gasteiger partial charge >= 0.3 is 0 Å². The van der Waals surface area contributed by atoms with Gasteiger partial charge in [-0.1, -0.05) is 0 Å². The van der Waals surface area contributed by atoms with Gasteiger partial charge in [0.1, 0.15) is 5.82 Å². The van der Waals surface area contributed by atoms with Gasteiger partial charge in [0.15, 0.2) is 11.5 Å². The van der Waals surface area contributed by atoms with Crippen LogP contribution in [0.1, 0.15) is 31.5 Å². The fraction of sp³-hybridized carbons (Fsp3) is 0.429. The predicted molar refractivity (Wildman–Crippen MR) is 79.3 cm³/mol. The fourth-order valence-electron chi connectivity index (χ4n) is 1.94. The van der Waals surface area contributed by atoms with Crippen LogP contribution in [0.15, 0.2) is 18.2 Å². The molecule has 6 heteroatoms. The number of ether oxygens (including phenoxy) is 2. The Hall–Kier alpha value is -1.82. The molecule has 2 aromatic rings. The lowest BCUT2D eigenvalue weighted by molar-refractivity contribution is 0.311. The van der Waals surface area contributed by atoms with Crippen LogP contribution in [-0.4, -0.2) is 23.1 Å². The lowest BCUT2D eigenvalue weighted by atomic mass is 10.3. The van der Waals surface area contributed by atoms with Crippen molar-refractivity contribution < 1.29 is 9.47 Å². The monoisotopic (exact) mass is 291 g/mol. The van der Waals surface area contributed by atoms with E-state index in [1.54, 1.807) is 7.11 Å². The number of nitrogens with zero attached hydrogens (tertiary/aromatic N) is 2. The summed E-state index contributed by atoms with van der Waals surface area (Å²) in [6.07, 6.45) is 2.43. The summed E-state index contributed by atoms with van der Waals surface area (Å²) in [6.45, 7) is 2.57. The highest BCUT2D eigenvalue weighted by Gasteiger charge is 2.27. The van der Waals surface area contributed by atoms with Crippen molar-refractivity contribution in [1.29, 1.82) is 0 Å². The zero-order chi connectivity index (χ0) is 13.9. The normalized spacial score (nSPS) is 14.1. The van der Waals surface area contributed by atoms with E-state index in [9.17, 15) is 0 Å². The van der Waals surface area contributed by atoms with Gasteiger partial charge in [-0.2, -0.15) is 4.37 Å². The summed E-state index contributed by atoms with van der Waals surface area (Å²) in [4.78, 5) is 4.51. The molecule has 1 fully saturated rings. The van der Waals surface area contributed by atoms with Crippen molar-refractivity contribution in [2.24, 2.45) is 0 Å². The second-order valence-electron chi connectivity index (χ2n) is 4.66. The van der Waals surface area contributed by atoms with Crippen LogP contribution in [-0.2, 0) is 0 Å². The van der Waals surface area contributed by atoms with Gasteiger partial charge in [0.25, 0.3) is 0 Å². The number of nitrogens with one attached hydrogen (secondary N) is 1. The van der Waals surface area contributed by atoms with Crippen LogP contribution < -0.4 is 14.8 Å². The van der Waals surface area contributed by atoms with Gasteiger partial charge in [-0.15, -0.1) is 0 Å². The second kappa shape index (κ2) is 5.66. The number of aromatic nitrogens is 2. The van der Waals surface area contributed by atoms with Crippen LogP contribution in [0.25, 0.3) is 0 Å². The van der Waals surface area contributed by atoms with E-state index in [0.717, 1.165) is 22.4 Å². The summed E-state index contributed by atoms with van der Waals surface area (Å²) in [5, 5.41) is 4.08. The molecule has 106 valence electrons. The molecule has 0 spiro atoms. The molecule has 0 amide bonds. The van der Waals surface area contributed by atoms with Crippen LogP contribution in [0.4, 0.5) is 10.8 Å². The molecule has 1 aromatic carbocycles. The number of anilines is 2. The Morgan fingerprint density at radius 2 is 2.20 bits per heavy atom. The molecule has 5 nitrogen and oxygen atoms in total. The van der Waals surface area contributed by atoms with E-state index in [-0.39, 0.29) is 0 Å². The largest absolute Gasteiger partial charge is 0.493 e. The minimum atomic E-state index is 0.580. The highest BCUT2D eigenvalue weighted by Crippen LogP contribution is 2.39.